The molecule has 1 N–H and O–H groups in total. The summed E-state index contributed by atoms with van der Waals surface area (Å²) in [5.41, 5.74) is 0.993. The lowest BCUT2D eigenvalue weighted by Crippen LogP contribution is -2.42. The van der Waals surface area contributed by atoms with Crippen LogP contribution in [0.25, 0.3) is 0 Å². The first-order chi connectivity index (χ1) is 8.78. The SMILES string of the molecule is CCCNCc1cn(CC2CN(C)CCO2)nn1. The van der Waals surface area contributed by atoms with Crippen molar-refractivity contribution in [2.45, 2.75) is 32.5 Å². The van der Waals surface area contributed by atoms with Gasteiger partial charge in [0.2, 0.25) is 0 Å². The topological polar surface area (TPSA) is 55.2 Å². The molecule has 1 saturated heterocycles. The van der Waals surface area contributed by atoms with E-state index in [9.17, 15) is 0 Å². The van der Waals surface area contributed by atoms with Gasteiger partial charge in [0.25, 0.3) is 0 Å². The molecule has 0 saturated carbocycles. The summed E-state index contributed by atoms with van der Waals surface area (Å²) < 4.78 is 7.60. The van der Waals surface area contributed by atoms with Crippen molar-refractivity contribution in [2.24, 2.45) is 0 Å². The van der Waals surface area contributed by atoms with E-state index in [2.05, 4.69) is 34.5 Å². The number of hydrogen-bond donors (Lipinski definition) is 1. The average molecular weight is 253 g/mol. The third-order valence-corrected chi connectivity index (χ3v) is 3.05. The Morgan fingerprint density at radius 3 is 3.22 bits per heavy atom. The summed E-state index contributed by atoms with van der Waals surface area (Å²) in [7, 11) is 2.12. The van der Waals surface area contributed by atoms with E-state index in [1.807, 2.05) is 10.9 Å². The second-order valence-corrected chi connectivity index (χ2v) is 4.86. The Balaban J connectivity index is 1.78. The van der Waals surface area contributed by atoms with Gasteiger partial charge in [0.15, 0.2) is 0 Å². The van der Waals surface area contributed by atoms with Gasteiger partial charge in [-0.2, -0.15) is 0 Å². The van der Waals surface area contributed by atoms with E-state index in [4.69, 9.17) is 4.74 Å². The van der Waals surface area contributed by atoms with E-state index < -0.39 is 0 Å². The maximum Gasteiger partial charge on any atom is 0.0964 e. The number of aromatic nitrogens is 3. The van der Waals surface area contributed by atoms with Gasteiger partial charge in [0, 0.05) is 25.8 Å². The first-order valence-electron chi connectivity index (χ1n) is 6.68. The Morgan fingerprint density at radius 2 is 2.44 bits per heavy atom. The van der Waals surface area contributed by atoms with Gasteiger partial charge in [-0.05, 0) is 20.0 Å². The van der Waals surface area contributed by atoms with Crippen molar-refractivity contribution in [3.63, 3.8) is 0 Å². The second kappa shape index (κ2) is 6.82. The summed E-state index contributed by atoms with van der Waals surface area (Å²) in [6, 6.07) is 0. The van der Waals surface area contributed by atoms with E-state index in [0.717, 1.165) is 51.4 Å². The Kier molecular flexibility index (Phi) is 5.10. The molecule has 0 aromatic carbocycles. The average Bonchev–Trinajstić information content (AvgIpc) is 2.77. The molecule has 6 heteroatoms. The Bertz CT molecular complexity index is 354. The van der Waals surface area contributed by atoms with Crippen molar-refractivity contribution in [3.8, 4) is 0 Å². The van der Waals surface area contributed by atoms with Gasteiger partial charge in [-0.25, -0.2) is 4.68 Å². The zero-order valence-corrected chi connectivity index (χ0v) is 11.3. The largest absolute Gasteiger partial charge is 0.374 e. The highest BCUT2D eigenvalue weighted by molar-refractivity contribution is 4.91. The van der Waals surface area contributed by atoms with E-state index in [1.165, 1.54) is 0 Å². The zero-order chi connectivity index (χ0) is 12.8. The molecule has 1 aromatic rings. The molecule has 2 heterocycles. The number of nitrogens with zero attached hydrogens (tertiary/aromatic N) is 4. The molecule has 1 aliphatic heterocycles. The number of morpholine rings is 1. The van der Waals surface area contributed by atoms with Crippen LogP contribution in [-0.2, 0) is 17.8 Å². The molecule has 0 amide bonds. The Labute approximate surface area is 108 Å². The van der Waals surface area contributed by atoms with Crippen LogP contribution in [-0.4, -0.2) is 59.3 Å². The molecule has 1 fully saturated rings. The predicted molar refractivity (Wildman–Crippen MR) is 69.3 cm³/mol. The zero-order valence-electron chi connectivity index (χ0n) is 11.3. The number of nitrogens with one attached hydrogen (secondary N) is 1. The van der Waals surface area contributed by atoms with Gasteiger partial charge in [-0.15, -0.1) is 5.10 Å². The Morgan fingerprint density at radius 1 is 1.56 bits per heavy atom. The summed E-state index contributed by atoms with van der Waals surface area (Å²) in [6.45, 7) is 7.53. The van der Waals surface area contributed by atoms with Crippen LogP contribution in [0.15, 0.2) is 6.20 Å². The minimum absolute atomic E-state index is 0.224. The van der Waals surface area contributed by atoms with Crippen LogP contribution in [0.3, 0.4) is 0 Å². The molecule has 6 nitrogen and oxygen atoms in total. The van der Waals surface area contributed by atoms with E-state index in [0.29, 0.717) is 0 Å². The van der Waals surface area contributed by atoms with Crippen LogP contribution in [0.1, 0.15) is 19.0 Å². The van der Waals surface area contributed by atoms with Crippen LogP contribution < -0.4 is 5.32 Å². The number of rotatable bonds is 6. The minimum atomic E-state index is 0.224. The molecule has 18 heavy (non-hydrogen) atoms. The lowest BCUT2D eigenvalue weighted by Gasteiger charge is -2.29. The van der Waals surface area contributed by atoms with Crippen molar-refractivity contribution >= 4 is 0 Å². The molecule has 0 spiro atoms. The predicted octanol–water partition coefficient (Wildman–Crippen LogP) is 0.108. The van der Waals surface area contributed by atoms with Crippen molar-refractivity contribution in [2.75, 3.05) is 33.3 Å². The van der Waals surface area contributed by atoms with Gasteiger partial charge in [-0.3, -0.25) is 0 Å². The van der Waals surface area contributed by atoms with E-state index in [-0.39, 0.29) is 6.10 Å². The van der Waals surface area contributed by atoms with Gasteiger partial charge in [0.1, 0.15) is 0 Å². The highest BCUT2D eigenvalue weighted by atomic mass is 16.5. The fourth-order valence-electron chi connectivity index (χ4n) is 2.09. The number of likely N-dealkylation sites (N-methyl/N-ethyl adjacent to an activating group) is 1. The van der Waals surface area contributed by atoms with Crippen LogP contribution in [0.4, 0.5) is 0 Å². The fraction of sp³-hybridized carbons (Fsp3) is 0.833. The number of hydrogen-bond acceptors (Lipinski definition) is 5. The summed E-state index contributed by atoms with van der Waals surface area (Å²) in [4.78, 5) is 2.29. The third-order valence-electron chi connectivity index (χ3n) is 3.05. The highest BCUT2D eigenvalue weighted by Gasteiger charge is 2.18. The van der Waals surface area contributed by atoms with Crippen molar-refractivity contribution in [1.82, 2.24) is 25.2 Å². The van der Waals surface area contributed by atoms with E-state index in [1.54, 1.807) is 0 Å². The van der Waals surface area contributed by atoms with Crippen LogP contribution in [0, 0.1) is 0 Å². The molecule has 1 aromatic heterocycles. The van der Waals surface area contributed by atoms with Crippen molar-refractivity contribution < 1.29 is 4.74 Å². The summed E-state index contributed by atoms with van der Waals surface area (Å²) in [5, 5.41) is 11.6. The Hall–Kier alpha value is -0.980. The summed E-state index contributed by atoms with van der Waals surface area (Å²) in [6.07, 6.45) is 3.36. The summed E-state index contributed by atoms with van der Waals surface area (Å²) in [5.74, 6) is 0. The molecule has 1 unspecified atom stereocenters. The lowest BCUT2D eigenvalue weighted by molar-refractivity contribution is -0.0292. The molecular formula is C12H23N5O. The van der Waals surface area contributed by atoms with Crippen LogP contribution >= 0.6 is 0 Å². The second-order valence-electron chi connectivity index (χ2n) is 4.86. The maximum absolute atomic E-state index is 5.71. The first-order valence-corrected chi connectivity index (χ1v) is 6.68. The van der Waals surface area contributed by atoms with Crippen LogP contribution in [0.2, 0.25) is 0 Å². The van der Waals surface area contributed by atoms with Crippen molar-refractivity contribution in [3.05, 3.63) is 11.9 Å². The first kappa shape index (κ1) is 13.5. The molecule has 0 bridgehead atoms. The molecule has 2 rings (SSSR count). The summed E-state index contributed by atoms with van der Waals surface area (Å²) >= 11 is 0. The quantitative estimate of drug-likeness (QED) is 0.729. The standard InChI is InChI=1S/C12H23N5O/c1-3-4-13-7-11-8-17(15-14-11)10-12-9-16(2)5-6-18-12/h8,12-13H,3-7,9-10H2,1-2H3. The van der Waals surface area contributed by atoms with Gasteiger partial charge in [-0.1, -0.05) is 12.1 Å². The van der Waals surface area contributed by atoms with Gasteiger partial charge in [0.05, 0.1) is 24.9 Å². The molecule has 0 aliphatic carbocycles. The fourth-order valence-corrected chi connectivity index (χ4v) is 2.09. The minimum Gasteiger partial charge on any atom is -0.374 e. The molecule has 0 radical (unpaired) electrons. The maximum atomic E-state index is 5.71. The smallest absolute Gasteiger partial charge is 0.0964 e. The highest BCUT2D eigenvalue weighted by Crippen LogP contribution is 2.05. The molecule has 1 atom stereocenters. The normalized spacial score (nSPS) is 21.3. The monoisotopic (exact) mass is 253 g/mol. The molecule has 102 valence electrons. The van der Waals surface area contributed by atoms with Crippen molar-refractivity contribution in [1.29, 1.82) is 0 Å². The van der Waals surface area contributed by atoms with Gasteiger partial charge >= 0.3 is 0 Å². The number of ether oxygens (including phenoxy) is 1. The van der Waals surface area contributed by atoms with E-state index >= 15 is 0 Å². The molecular weight excluding hydrogens is 230 g/mol. The van der Waals surface area contributed by atoms with Gasteiger partial charge < -0.3 is 15.0 Å². The lowest BCUT2D eigenvalue weighted by atomic mass is 10.3. The van der Waals surface area contributed by atoms with Crippen LogP contribution in [0.5, 0.6) is 0 Å². The third kappa shape index (κ3) is 4.04. The molecule has 1 aliphatic rings.